The molecule has 0 radical (unpaired) electrons. The van der Waals surface area contributed by atoms with Crippen LogP contribution in [0.3, 0.4) is 0 Å². The smallest absolute Gasteiger partial charge is 0.239 e. The van der Waals surface area contributed by atoms with Gasteiger partial charge in [0, 0.05) is 0 Å². The fourth-order valence-electron chi connectivity index (χ4n) is 1.19. The molecule has 0 aliphatic heterocycles. The Kier molecular flexibility index (Phi) is 5.89. The van der Waals surface area contributed by atoms with Crippen LogP contribution in [0.2, 0.25) is 0 Å². The van der Waals surface area contributed by atoms with Gasteiger partial charge in [0.2, 0.25) is 42.1 Å². The first-order valence-corrected chi connectivity index (χ1v) is 5.76. The monoisotopic (exact) mass is 328 g/mol. The highest BCUT2D eigenvalue weighted by Gasteiger charge is 2.16. The lowest BCUT2D eigenvalue weighted by Crippen LogP contribution is -2.37. The first-order valence-electron chi connectivity index (χ1n) is 5.76. The Hall–Kier alpha value is -3.30. The van der Waals surface area contributed by atoms with Crippen molar-refractivity contribution in [3.8, 4) is 0 Å². The molecule has 0 saturated carbocycles. The Labute approximate surface area is 128 Å². The molecular formula is C8H16N12O3. The van der Waals surface area contributed by atoms with Crippen molar-refractivity contribution in [2.24, 2.45) is 0 Å². The highest BCUT2D eigenvalue weighted by Crippen LogP contribution is 2.10. The summed E-state index contributed by atoms with van der Waals surface area (Å²) in [5.74, 6) is -0.439. The summed E-state index contributed by atoms with van der Waals surface area (Å²) in [7, 11) is 0. The number of hydrogen-bond donors (Lipinski definition) is 8. The molecule has 0 aromatic carbocycles. The fraction of sp³-hybridized carbons (Fsp3) is 0.250. The van der Waals surface area contributed by atoms with Crippen LogP contribution in [0.1, 0.15) is 0 Å². The van der Waals surface area contributed by atoms with E-state index >= 15 is 0 Å². The van der Waals surface area contributed by atoms with Gasteiger partial charge in [-0.2, -0.15) is 29.9 Å². The highest BCUT2D eigenvalue weighted by molar-refractivity contribution is 5.39. The van der Waals surface area contributed by atoms with Crippen LogP contribution in [-0.2, 0) is 0 Å². The van der Waals surface area contributed by atoms with Crippen LogP contribution < -0.4 is 33.6 Å². The van der Waals surface area contributed by atoms with E-state index in [0.717, 1.165) is 0 Å². The number of aliphatic hydroxyl groups excluding tert-OH is 2. The molecule has 0 aliphatic rings. The molecule has 126 valence electrons. The van der Waals surface area contributed by atoms with E-state index in [1.807, 2.05) is 0 Å². The van der Waals surface area contributed by atoms with Crippen LogP contribution >= 0.6 is 0 Å². The van der Waals surface area contributed by atoms with Crippen LogP contribution in [0.25, 0.3) is 0 Å². The molecule has 15 heteroatoms. The molecule has 15 nitrogen and oxygen atoms in total. The summed E-state index contributed by atoms with van der Waals surface area (Å²) in [4.78, 5) is 21.7. The lowest BCUT2D eigenvalue weighted by Gasteiger charge is -2.21. The number of anilines is 6. The van der Waals surface area contributed by atoms with Crippen molar-refractivity contribution in [2.45, 2.75) is 6.41 Å². The zero-order chi connectivity index (χ0) is 17.6. The molecule has 0 bridgehead atoms. The molecule has 0 saturated heterocycles. The standard InChI is InChI=1S/C5H10N6O3.C3H6N6/c6-2-8-3(7)10-4(9-2)11(1-12)5(13)14;4-1-7-2(5)9-3(6)8-1/h5,12-14H,1H2,(H4,6,7,8,9,10);(H6,4,5,6,7,8,9). The van der Waals surface area contributed by atoms with Crippen LogP contribution in [0.15, 0.2) is 0 Å². The fourth-order valence-corrected chi connectivity index (χ4v) is 1.19. The van der Waals surface area contributed by atoms with E-state index in [2.05, 4.69) is 29.9 Å². The van der Waals surface area contributed by atoms with E-state index in [9.17, 15) is 0 Å². The molecule has 2 rings (SSSR count). The Morgan fingerprint density at radius 1 is 0.696 bits per heavy atom. The predicted octanol–water partition coefficient (Wildman–Crippen LogP) is -4.32. The van der Waals surface area contributed by atoms with Crippen molar-refractivity contribution in [2.75, 3.05) is 40.3 Å². The highest BCUT2D eigenvalue weighted by atomic mass is 16.5. The van der Waals surface area contributed by atoms with Gasteiger partial charge in [0.1, 0.15) is 6.73 Å². The van der Waals surface area contributed by atoms with Gasteiger partial charge in [0.15, 0.2) is 0 Å². The molecule has 0 atom stereocenters. The summed E-state index contributed by atoms with van der Waals surface area (Å²) in [6.07, 6.45) is -1.94. The molecule has 2 heterocycles. The predicted molar refractivity (Wildman–Crippen MR) is 79.5 cm³/mol. The van der Waals surface area contributed by atoms with Gasteiger partial charge in [-0.25, -0.2) is 0 Å². The minimum absolute atomic E-state index is 0.0417. The van der Waals surface area contributed by atoms with Crippen molar-refractivity contribution in [3.05, 3.63) is 0 Å². The van der Waals surface area contributed by atoms with Gasteiger partial charge >= 0.3 is 0 Å². The summed E-state index contributed by atoms with van der Waals surface area (Å²) in [6, 6.07) is 0. The van der Waals surface area contributed by atoms with Crippen LogP contribution in [0, 0.1) is 0 Å². The van der Waals surface area contributed by atoms with E-state index in [1.165, 1.54) is 0 Å². The third-order valence-corrected chi connectivity index (χ3v) is 2.03. The first kappa shape index (κ1) is 17.8. The average Bonchev–Trinajstić information content (AvgIpc) is 2.36. The SMILES string of the molecule is Nc1nc(N)nc(N(CO)C(O)O)n1.Nc1nc(N)nc(N)n1. The zero-order valence-corrected chi connectivity index (χ0v) is 11.6. The number of nitrogens with zero attached hydrogens (tertiary/aromatic N) is 7. The third-order valence-electron chi connectivity index (χ3n) is 2.03. The first-order chi connectivity index (χ1) is 10.7. The van der Waals surface area contributed by atoms with Crippen molar-refractivity contribution in [1.82, 2.24) is 29.9 Å². The second-order valence-corrected chi connectivity index (χ2v) is 3.72. The molecule has 0 spiro atoms. The van der Waals surface area contributed by atoms with Gasteiger partial charge in [-0.1, -0.05) is 0 Å². The Morgan fingerprint density at radius 3 is 1.26 bits per heavy atom. The number of aliphatic hydroxyl groups is 3. The largest absolute Gasteiger partial charge is 0.376 e. The lowest BCUT2D eigenvalue weighted by atomic mass is 10.7. The molecule has 2 aromatic rings. The quantitative estimate of drug-likeness (QED) is 0.247. The number of hydrogen-bond acceptors (Lipinski definition) is 15. The van der Waals surface area contributed by atoms with Crippen LogP contribution in [0.4, 0.5) is 35.7 Å². The average molecular weight is 328 g/mol. The van der Waals surface area contributed by atoms with E-state index < -0.39 is 13.1 Å². The Morgan fingerprint density at radius 2 is 1.00 bits per heavy atom. The second kappa shape index (κ2) is 7.64. The molecule has 0 amide bonds. The van der Waals surface area contributed by atoms with Crippen LogP contribution in [0.5, 0.6) is 0 Å². The van der Waals surface area contributed by atoms with Gasteiger partial charge in [-0.15, -0.1) is 0 Å². The number of nitrogen functional groups attached to an aromatic ring is 5. The van der Waals surface area contributed by atoms with Gasteiger partial charge in [-0.05, 0) is 0 Å². The molecule has 13 N–H and O–H groups in total. The van der Waals surface area contributed by atoms with Gasteiger partial charge < -0.3 is 44.0 Å². The van der Waals surface area contributed by atoms with E-state index in [4.69, 9.17) is 44.0 Å². The number of aromatic nitrogens is 6. The molecule has 0 unspecified atom stereocenters. The van der Waals surface area contributed by atoms with Crippen LogP contribution in [-0.4, -0.2) is 58.4 Å². The van der Waals surface area contributed by atoms with Gasteiger partial charge in [0.05, 0.1) is 0 Å². The molecule has 0 fully saturated rings. The summed E-state index contributed by atoms with van der Waals surface area (Å²) in [6.45, 7) is -0.694. The minimum Gasteiger partial charge on any atom is -0.376 e. The minimum atomic E-state index is -1.94. The maximum absolute atomic E-state index is 8.79. The zero-order valence-electron chi connectivity index (χ0n) is 11.6. The third kappa shape index (κ3) is 5.53. The second-order valence-electron chi connectivity index (χ2n) is 3.72. The summed E-state index contributed by atoms with van der Waals surface area (Å²) < 4.78 is 0. The van der Waals surface area contributed by atoms with Crippen molar-refractivity contribution in [1.29, 1.82) is 0 Å². The van der Waals surface area contributed by atoms with E-state index in [1.54, 1.807) is 0 Å². The molecule has 23 heavy (non-hydrogen) atoms. The normalized spacial score (nSPS) is 10.1. The number of nitrogens with two attached hydrogens (primary N) is 5. The Balaban J connectivity index is 0.000000253. The van der Waals surface area contributed by atoms with Gasteiger partial charge in [0.25, 0.3) is 0 Å². The Bertz CT molecular complexity index is 581. The summed E-state index contributed by atoms with van der Waals surface area (Å²) >= 11 is 0. The lowest BCUT2D eigenvalue weighted by molar-refractivity contribution is -0.0520. The van der Waals surface area contributed by atoms with E-state index in [-0.39, 0.29) is 35.7 Å². The maximum Gasteiger partial charge on any atom is 0.239 e. The maximum atomic E-state index is 8.79. The van der Waals surface area contributed by atoms with Crippen molar-refractivity contribution < 1.29 is 15.3 Å². The molecule has 0 aliphatic carbocycles. The van der Waals surface area contributed by atoms with E-state index in [0.29, 0.717) is 4.90 Å². The topological polar surface area (TPSA) is 271 Å². The molecular weight excluding hydrogens is 312 g/mol. The summed E-state index contributed by atoms with van der Waals surface area (Å²) in [5.41, 5.74) is 25.9. The van der Waals surface area contributed by atoms with Gasteiger partial charge in [-0.3, -0.25) is 4.90 Å². The number of rotatable bonds is 3. The molecule has 2 aromatic heterocycles. The van der Waals surface area contributed by atoms with Crippen molar-refractivity contribution >= 4 is 35.7 Å². The summed E-state index contributed by atoms with van der Waals surface area (Å²) in [5, 5.41) is 26.3. The van der Waals surface area contributed by atoms with Crippen molar-refractivity contribution in [3.63, 3.8) is 0 Å².